The van der Waals surface area contributed by atoms with Gasteiger partial charge in [-0.2, -0.15) is 0 Å². The van der Waals surface area contributed by atoms with E-state index >= 15 is 0 Å². The predicted octanol–water partition coefficient (Wildman–Crippen LogP) is 2.38. The first-order valence-electron chi connectivity index (χ1n) is 5.40. The summed E-state index contributed by atoms with van der Waals surface area (Å²) in [7, 11) is 0. The van der Waals surface area contributed by atoms with Gasteiger partial charge in [0.1, 0.15) is 0 Å². The molecule has 0 bridgehead atoms. The van der Waals surface area contributed by atoms with Crippen molar-refractivity contribution in [2.24, 2.45) is 5.92 Å². The zero-order valence-corrected chi connectivity index (χ0v) is 9.39. The molecule has 4 heteroatoms. The molecule has 1 fully saturated rings. The van der Waals surface area contributed by atoms with Gasteiger partial charge in [-0.3, -0.25) is 0 Å². The highest BCUT2D eigenvalue weighted by Crippen LogP contribution is 2.38. The predicted molar refractivity (Wildman–Crippen MR) is 58.3 cm³/mol. The summed E-state index contributed by atoms with van der Waals surface area (Å²) >= 11 is 1.53. The van der Waals surface area contributed by atoms with Crippen molar-refractivity contribution < 1.29 is 0 Å². The molecule has 1 atom stereocenters. The second kappa shape index (κ2) is 4.84. The number of hydrogen-bond acceptors (Lipinski definition) is 4. The topological polar surface area (TPSA) is 37.8 Å². The van der Waals surface area contributed by atoms with Crippen LogP contribution in [0.25, 0.3) is 0 Å². The highest BCUT2D eigenvalue weighted by atomic mass is 32.1. The maximum Gasteiger partial charge on any atom is 0.0669 e. The largest absolute Gasteiger partial charge is 0.309 e. The van der Waals surface area contributed by atoms with Gasteiger partial charge in [-0.25, -0.2) is 0 Å². The lowest BCUT2D eigenvalue weighted by Crippen LogP contribution is -2.21. The molecule has 14 heavy (non-hydrogen) atoms. The maximum absolute atomic E-state index is 3.93. The van der Waals surface area contributed by atoms with Crippen molar-refractivity contribution >= 4 is 11.5 Å². The van der Waals surface area contributed by atoms with Crippen LogP contribution in [0.3, 0.4) is 0 Å². The van der Waals surface area contributed by atoms with Crippen LogP contribution in [0.2, 0.25) is 0 Å². The van der Waals surface area contributed by atoms with Gasteiger partial charge in [-0.05, 0) is 36.8 Å². The van der Waals surface area contributed by atoms with Gasteiger partial charge in [0.05, 0.1) is 11.1 Å². The molecule has 1 saturated carbocycles. The Kier molecular flexibility index (Phi) is 3.48. The van der Waals surface area contributed by atoms with Crippen LogP contribution < -0.4 is 5.32 Å². The Morgan fingerprint density at radius 1 is 1.64 bits per heavy atom. The Bertz CT molecular complexity index is 256. The van der Waals surface area contributed by atoms with E-state index < -0.39 is 0 Å². The first kappa shape index (κ1) is 10.1. The fraction of sp³-hybridized carbons (Fsp3) is 0.800. The summed E-state index contributed by atoms with van der Waals surface area (Å²) in [5.41, 5.74) is 0. The summed E-state index contributed by atoms with van der Waals surface area (Å²) in [4.78, 5) is 1.30. The molecule has 1 unspecified atom stereocenters. The molecule has 0 radical (unpaired) electrons. The molecule has 0 amide bonds. The van der Waals surface area contributed by atoms with Gasteiger partial charge in [0, 0.05) is 6.04 Å². The first-order chi connectivity index (χ1) is 6.90. The molecule has 0 aliphatic heterocycles. The second-order valence-electron chi connectivity index (χ2n) is 4.01. The summed E-state index contributed by atoms with van der Waals surface area (Å²) in [6.45, 7) is 3.29. The Labute approximate surface area is 89.1 Å². The third-order valence-electron chi connectivity index (χ3n) is 2.63. The minimum absolute atomic E-state index is 0.502. The van der Waals surface area contributed by atoms with Crippen molar-refractivity contribution in [1.29, 1.82) is 0 Å². The highest BCUT2D eigenvalue weighted by molar-refractivity contribution is 7.05. The fourth-order valence-corrected chi connectivity index (χ4v) is 2.22. The molecule has 1 aromatic rings. The lowest BCUT2D eigenvalue weighted by Gasteiger charge is -2.15. The second-order valence-corrected chi connectivity index (χ2v) is 4.82. The zero-order valence-electron chi connectivity index (χ0n) is 8.57. The van der Waals surface area contributed by atoms with Crippen LogP contribution in [0.15, 0.2) is 6.20 Å². The molecule has 78 valence electrons. The van der Waals surface area contributed by atoms with Gasteiger partial charge in [0.2, 0.25) is 0 Å². The number of nitrogens with one attached hydrogen (secondary N) is 1. The average molecular weight is 211 g/mol. The molecule has 0 saturated heterocycles. The Balaban J connectivity index is 1.90. The van der Waals surface area contributed by atoms with Crippen molar-refractivity contribution in [3.8, 4) is 0 Å². The minimum atomic E-state index is 0.502. The highest BCUT2D eigenvalue weighted by Gasteiger charge is 2.26. The third-order valence-corrected chi connectivity index (χ3v) is 3.41. The van der Waals surface area contributed by atoms with Crippen LogP contribution >= 0.6 is 11.5 Å². The SMILES string of the molecule is CCCNC(CC1CC1)c1cnns1. The van der Waals surface area contributed by atoms with E-state index in [9.17, 15) is 0 Å². The van der Waals surface area contributed by atoms with Gasteiger partial charge in [-0.1, -0.05) is 24.3 Å². The summed E-state index contributed by atoms with van der Waals surface area (Å²) in [6, 6.07) is 0.502. The summed E-state index contributed by atoms with van der Waals surface area (Å²) < 4.78 is 3.93. The van der Waals surface area contributed by atoms with E-state index in [-0.39, 0.29) is 0 Å². The number of hydrogen-bond donors (Lipinski definition) is 1. The molecular weight excluding hydrogens is 194 g/mol. The normalized spacial score (nSPS) is 18.4. The fourth-order valence-electron chi connectivity index (χ4n) is 1.63. The van der Waals surface area contributed by atoms with Crippen molar-refractivity contribution in [3.05, 3.63) is 11.1 Å². The number of aromatic nitrogens is 2. The lowest BCUT2D eigenvalue weighted by atomic mass is 10.1. The Morgan fingerprint density at radius 2 is 2.50 bits per heavy atom. The van der Waals surface area contributed by atoms with Crippen LogP contribution in [0.1, 0.15) is 43.5 Å². The standard InChI is InChI=1S/C10H17N3S/c1-2-5-11-9(6-8-3-4-8)10-7-12-13-14-10/h7-9,11H,2-6H2,1H3. The molecule has 1 aromatic heterocycles. The van der Waals surface area contributed by atoms with Gasteiger partial charge < -0.3 is 5.32 Å². The minimum Gasteiger partial charge on any atom is -0.309 e. The van der Waals surface area contributed by atoms with E-state index in [0.717, 1.165) is 12.5 Å². The molecule has 0 spiro atoms. The van der Waals surface area contributed by atoms with Crippen molar-refractivity contribution in [2.45, 2.75) is 38.6 Å². The lowest BCUT2D eigenvalue weighted by molar-refractivity contribution is 0.479. The molecule has 1 aliphatic rings. The van der Waals surface area contributed by atoms with Crippen molar-refractivity contribution in [2.75, 3.05) is 6.54 Å². The molecule has 1 aliphatic carbocycles. The Morgan fingerprint density at radius 3 is 3.07 bits per heavy atom. The van der Waals surface area contributed by atoms with E-state index in [2.05, 4.69) is 21.8 Å². The quantitative estimate of drug-likeness (QED) is 0.785. The van der Waals surface area contributed by atoms with E-state index in [1.807, 2.05) is 6.20 Å². The first-order valence-corrected chi connectivity index (χ1v) is 6.18. The smallest absolute Gasteiger partial charge is 0.0669 e. The van der Waals surface area contributed by atoms with Crippen LogP contribution in [-0.4, -0.2) is 16.1 Å². The van der Waals surface area contributed by atoms with Gasteiger partial charge in [0.15, 0.2) is 0 Å². The summed E-state index contributed by atoms with van der Waals surface area (Å²) in [5.74, 6) is 0.950. The van der Waals surface area contributed by atoms with Crippen LogP contribution in [-0.2, 0) is 0 Å². The zero-order chi connectivity index (χ0) is 9.80. The number of nitrogens with zero attached hydrogens (tertiary/aromatic N) is 2. The third kappa shape index (κ3) is 2.75. The maximum atomic E-state index is 3.93. The van der Waals surface area contributed by atoms with Crippen LogP contribution in [0, 0.1) is 5.92 Å². The van der Waals surface area contributed by atoms with Crippen LogP contribution in [0.5, 0.6) is 0 Å². The van der Waals surface area contributed by atoms with E-state index in [1.165, 1.54) is 42.1 Å². The number of rotatable bonds is 6. The van der Waals surface area contributed by atoms with Crippen molar-refractivity contribution in [1.82, 2.24) is 14.9 Å². The van der Waals surface area contributed by atoms with E-state index in [4.69, 9.17) is 0 Å². The molecular formula is C10H17N3S. The summed E-state index contributed by atoms with van der Waals surface area (Å²) in [5, 5.41) is 7.48. The van der Waals surface area contributed by atoms with E-state index in [0.29, 0.717) is 6.04 Å². The molecule has 2 rings (SSSR count). The average Bonchev–Trinajstić information content (AvgIpc) is 2.84. The van der Waals surface area contributed by atoms with E-state index in [1.54, 1.807) is 0 Å². The van der Waals surface area contributed by atoms with Gasteiger partial charge in [0.25, 0.3) is 0 Å². The summed E-state index contributed by atoms with van der Waals surface area (Å²) in [6.07, 6.45) is 7.19. The van der Waals surface area contributed by atoms with Gasteiger partial charge >= 0.3 is 0 Å². The molecule has 1 N–H and O–H groups in total. The van der Waals surface area contributed by atoms with Gasteiger partial charge in [-0.15, -0.1) is 5.10 Å². The van der Waals surface area contributed by atoms with Crippen molar-refractivity contribution in [3.63, 3.8) is 0 Å². The van der Waals surface area contributed by atoms with Crippen LogP contribution in [0.4, 0.5) is 0 Å². The Hall–Kier alpha value is -0.480. The monoisotopic (exact) mass is 211 g/mol. The molecule has 1 heterocycles. The molecule has 0 aromatic carbocycles. The molecule has 3 nitrogen and oxygen atoms in total.